The third-order valence-electron chi connectivity index (χ3n) is 7.53. The predicted molar refractivity (Wildman–Crippen MR) is 164 cm³/mol. The van der Waals surface area contributed by atoms with Crippen molar-refractivity contribution in [1.29, 1.82) is 0 Å². The van der Waals surface area contributed by atoms with Crippen LogP contribution in [0.4, 0.5) is 4.79 Å². The van der Waals surface area contributed by atoms with Gasteiger partial charge in [-0.05, 0) is 38.2 Å². The van der Waals surface area contributed by atoms with Crippen LogP contribution in [0.5, 0.6) is 0 Å². The highest BCUT2D eigenvalue weighted by atomic mass is 16.6. The van der Waals surface area contributed by atoms with Gasteiger partial charge in [0.1, 0.15) is 12.2 Å². The molecule has 13 nitrogen and oxygen atoms in total. The lowest BCUT2D eigenvalue weighted by Gasteiger charge is -2.32. The summed E-state index contributed by atoms with van der Waals surface area (Å²) >= 11 is 0. The molecule has 1 aliphatic carbocycles. The van der Waals surface area contributed by atoms with Crippen molar-refractivity contribution in [3.8, 4) is 0 Å². The van der Waals surface area contributed by atoms with Crippen molar-refractivity contribution in [3.05, 3.63) is 58.6 Å². The van der Waals surface area contributed by atoms with Crippen molar-refractivity contribution in [2.24, 2.45) is 23.3 Å². The molecular weight excluding hydrogens is 586 g/mol. The predicted octanol–water partition coefficient (Wildman–Crippen LogP) is 2.31. The number of Topliss-reactive ketones (excluding diaryl/α,β-unsaturated/α-hetero) is 1. The second-order valence-corrected chi connectivity index (χ2v) is 11.1. The van der Waals surface area contributed by atoms with Gasteiger partial charge in [0.05, 0.1) is 25.3 Å². The average Bonchev–Trinajstić information content (AvgIpc) is 2.97. The molecule has 248 valence electrons. The van der Waals surface area contributed by atoms with Crippen LogP contribution in [0, 0.1) is 11.8 Å². The number of amides is 2. The van der Waals surface area contributed by atoms with Crippen molar-refractivity contribution >= 4 is 29.5 Å². The minimum Gasteiger partial charge on any atom is -0.492 e. The number of carbonyl (C=O) groups excluding carboxylic acids is 5. The monoisotopic (exact) mass is 631 g/mol. The molecule has 2 rings (SSSR count). The van der Waals surface area contributed by atoms with Gasteiger partial charge >= 0.3 is 12.1 Å². The molecule has 1 aliphatic heterocycles. The molecular formula is C32H45N3O10. The lowest BCUT2D eigenvalue weighted by molar-refractivity contribution is -0.160. The summed E-state index contributed by atoms with van der Waals surface area (Å²) in [6.45, 7) is 7.01. The zero-order chi connectivity index (χ0) is 33.8. The van der Waals surface area contributed by atoms with Crippen LogP contribution in [0.15, 0.2) is 58.6 Å². The molecule has 0 aromatic carbocycles. The van der Waals surface area contributed by atoms with E-state index >= 15 is 0 Å². The van der Waals surface area contributed by atoms with E-state index in [9.17, 15) is 24.0 Å². The zero-order valence-electron chi connectivity index (χ0n) is 26.9. The molecule has 0 saturated carbocycles. The van der Waals surface area contributed by atoms with E-state index in [1.54, 1.807) is 19.1 Å². The molecule has 45 heavy (non-hydrogen) atoms. The van der Waals surface area contributed by atoms with Crippen LogP contribution in [-0.2, 0) is 42.9 Å². The first-order chi connectivity index (χ1) is 21.3. The van der Waals surface area contributed by atoms with Crippen LogP contribution >= 0.6 is 0 Å². The van der Waals surface area contributed by atoms with E-state index in [-0.39, 0.29) is 47.9 Å². The summed E-state index contributed by atoms with van der Waals surface area (Å²) in [7, 11) is 4.19. The number of primary amides is 1. The standard InChI is InChI=1S/C32H45N3O10/c1-17-13-21-27(38)22(16-23(36)30(21)43-7)35-31(39)18(2)9-8-10-24(41-5)28(45-32(34)40)19(3)15-20(4)29(25(14-17)42-6)44-26(37)11-12-33/h8-10,15-17,20,24-25,28-29H,11-14,33H2,1-7H3,(H2,34,40)(H,35,39)/b10-8-,18-9+,19-15+/t17-,20-,24-,25+,28-,29+/m1/s1. The molecule has 13 heteroatoms. The van der Waals surface area contributed by atoms with Gasteiger partial charge in [-0.2, -0.15) is 0 Å². The van der Waals surface area contributed by atoms with Crippen molar-refractivity contribution < 1.29 is 47.7 Å². The molecule has 0 spiro atoms. The number of ether oxygens (including phenoxy) is 5. The summed E-state index contributed by atoms with van der Waals surface area (Å²) in [6, 6.07) is 0. The maximum Gasteiger partial charge on any atom is 0.405 e. The van der Waals surface area contributed by atoms with Crippen LogP contribution in [0.1, 0.15) is 47.0 Å². The highest BCUT2D eigenvalue weighted by Crippen LogP contribution is 2.30. The third-order valence-corrected chi connectivity index (χ3v) is 7.53. The molecule has 2 bridgehead atoms. The fraction of sp³-hybridized carbons (Fsp3) is 0.531. The van der Waals surface area contributed by atoms with Gasteiger partial charge in [0.25, 0.3) is 5.91 Å². The van der Waals surface area contributed by atoms with Crippen molar-refractivity contribution in [3.63, 3.8) is 0 Å². The van der Waals surface area contributed by atoms with Crippen LogP contribution in [0.25, 0.3) is 0 Å². The van der Waals surface area contributed by atoms with E-state index in [2.05, 4.69) is 5.32 Å². The SMILES string of the molecule is COC1=C2C[C@@H](C)C[C@H](OC)[C@@H](OC(=O)CCN)[C@H](C)/C=C(\C)[C@@H](OC(N)=O)[C@H](OC)/C=C\C=C(/C)C(=O)NC(=CC1=O)C2=O. The molecule has 0 radical (unpaired) electrons. The van der Waals surface area contributed by atoms with Crippen molar-refractivity contribution in [1.82, 2.24) is 5.32 Å². The molecule has 0 aromatic heterocycles. The summed E-state index contributed by atoms with van der Waals surface area (Å²) in [5, 5.41) is 2.53. The number of carbonyl (C=O) groups is 5. The lowest BCUT2D eigenvalue weighted by atomic mass is 9.85. The number of hydrogen-bond donors (Lipinski definition) is 3. The van der Waals surface area contributed by atoms with E-state index in [4.69, 9.17) is 35.2 Å². The van der Waals surface area contributed by atoms with Gasteiger partial charge in [-0.15, -0.1) is 0 Å². The molecule has 5 N–H and O–H groups in total. The summed E-state index contributed by atoms with van der Waals surface area (Å²) in [5.74, 6) is -3.11. The molecule has 0 fully saturated rings. The smallest absolute Gasteiger partial charge is 0.405 e. The Morgan fingerprint density at radius 1 is 1.04 bits per heavy atom. The largest absolute Gasteiger partial charge is 0.492 e. The molecule has 1 heterocycles. The highest BCUT2D eigenvalue weighted by Gasteiger charge is 2.35. The first-order valence-electron chi connectivity index (χ1n) is 14.6. The molecule has 6 atom stereocenters. The van der Waals surface area contributed by atoms with Crippen molar-refractivity contribution in [2.75, 3.05) is 27.9 Å². The Kier molecular flexibility index (Phi) is 14.4. The first kappa shape index (κ1) is 37.1. The maximum atomic E-state index is 13.5. The fourth-order valence-electron chi connectivity index (χ4n) is 5.28. The summed E-state index contributed by atoms with van der Waals surface area (Å²) in [4.78, 5) is 63.9. The van der Waals surface area contributed by atoms with Gasteiger partial charge in [0.2, 0.25) is 11.6 Å². The number of esters is 1. The second-order valence-electron chi connectivity index (χ2n) is 11.1. The zero-order valence-corrected chi connectivity index (χ0v) is 26.9. The Bertz CT molecular complexity index is 1300. The van der Waals surface area contributed by atoms with Gasteiger partial charge in [0.15, 0.2) is 11.9 Å². The maximum absolute atomic E-state index is 13.5. The summed E-state index contributed by atoms with van der Waals surface area (Å²) < 4.78 is 28.0. The number of fused-ring (bicyclic) bond motifs is 2. The number of nitrogens with two attached hydrogens (primary N) is 2. The summed E-state index contributed by atoms with van der Waals surface area (Å²) in [6.07, 6.45) is 3.46. The minimum absolute atomic E-state index is 0.0175. The molecule has 2 amide bonds. The quantitative estimate of drug-likeness (QED) is 0.212. The van der Waals surface area contributed by atoms with Gasteiger partial charge in [-0.1, -0.05) is 38.2 Å². The van der Waals surface area contributed by atoms with Crippen LogP contribution < -0.4 is 16.8 Å². The molecule has 0 aromatic rings. The van der Waals surface area contributed by atoms with Crippen LogP contribution in [0.2, 0.25) is 0 Å². The molecule has 0 saturated heterocycles. The van der Waals surface area contributed by atoms with Crippen molar-refractivity contribution in [2.45, 2.75) is 71.4 Å². The number of rotatable bonds is 7. The van der Waals surface area contributed by atoms with Crippen LogP contribution in [0.3, 0.4) is 0 Å². The molecule has 0 unspecified atom stereocenters. The van der Waals surface area contributed by atoms with Gasteiger partial charge in [0, 0.05) is 43.9 Å². The molecule has 2 aliphatic rings. The third kappa shape index (κ3) is 10.2. The number of nitrogens with one attached hydrogen (secondary N) is 1. The number of allylic oxidation sites excluding steroid dienone is 4. The summed E-state index contributed by atoms with van der Waals surface area (Å²) in [5.41, 5.74) is 11.7. The number of methoxy groups -OCH3 is 3. The topological polar surface area (TPSA) is 196 Å². The Morgan fingerprint density at radius 3 is 2.31 bits per heavy atom. The van der Waals surface area contributed by atoms with Gasteiger partial charge < -0.3 is 40.5 Å². The van der Waals surface area contributed by atoms with E-state index in [0.717, 1.165) is 6.08 Å². The van der Waals surface area contributed by atoms with Crippen LogP contribution in [-0.4, -0.2) is 81.8 Å². The Morgan fingerprint density at radius 2 is 1.73 bits per heavy atom. The second kappa shape index (κ2) is 17.4. The van der Waals surface area contributed by atoms with E-state index < -0.39 is 59.9 Å². The minimum atomic E-state index is -1.03. The van der Waals surface area contributed by atoms with E-state index in [1.165, 1.54) is 40.4 Å². The fourth-order valence-corrected chi connectivity index (χ4v) is 5.28. The van der Waals surface area contributed by atoms with Gasteiger partial charge in [-0.3, -0.25) is 19.2 Å². The van der Waals surface area contributed by atoms with E-state index in [0.29, 0.717) is 12.0 Å². The highest BCUT2D eigenvalue weighted by molar-refractivity contribution is 6.23. The Hall–Kier alpha value is -4.07. The van der Waals surface area contributed by atoms with E-state index in [1.807, 2.05) is 13.8 Å². The Labute approximate surface area is 263 Å². The normalized spacial score (nSPS) is 30.2. The Balaban J connectivity index is 2.71. The van der Waals surface area contributed by atoms with Gasteiger partial charge in [-0.25, -0.2) is 4.79 Å². The lowest BCUT2D eigenvalue weighted by Crippen LogP contribution is -2.40. The first-order valence-corrected chi connectivity index (χ1v) is 14.6. The number of hydrogen-bond acceptors (Lipinski definition) is 11. The number of ketones is 2. The average molecular weight is 632 g/mol.